The highest BCUT2D eigenvalue weighted by atomic mass is 16.5. The molecule has 2 saturated carbocycles. The number of piperidine rings is 1. The van der Waals surface area contributed by atoms with Crippen LogP contribution >= 0.6 is 0 Å². The highest BCUT2D eigenvalue weighted by molar-refractivity contribution is 5.68. The van der Waals surface area contributed by atoms with Gasteiger partial charge in [-0.2, -0.15) is 0 Å². The number of pyridine rings is 1. The largest absolute Gasteiger partial charge is 0.491 e. The van der Waals surface area contributed by atoms with Crippen molar-refractivity contribution in [3.63, 3.8) is 0 Å². The van der Waals surface area contributed by atoms with E-state index in [4.69, 9.17) is 9.47 Å². The summed E-state index contributed by atoms with van der Waals surface area (Å²) in [6.07, 6.45) is 5.31. The molecule has 16 atom stereocenters. The van der Waals surface area contributed by atoms with Gasteiger partial charge in [0.15, 0.2) is 0 Å². The Bertz CT molecular complexity index is 3580. The summed E-state index contributed by atoms with van der Waals surface area (Å²) in [7, 11) is 8.81. The number of aromatic nitrogens is 1. The van der Waals surface area contributed by atoms with Crippen LogP contribution in [0.2, 0.25) is 0 Å². The zero-order chi connectivity index (χ0) is 88.8. The molecule has 7 heteroatoms. The molecule has 4 aromatic rings. The molecule has 7 nitrogen and oxygen atoms in total. The molecule has 1 aromatic heterocycles. The van der Waals surface area contributed by atoms with Crippen LogP contribution in [0.1, 0.15) is 366 Å². The highest BCUT2D eigenvalue weighted by Gasteiger charge is 2.45. The van der Waals surface area contributed by atoms with Gasteiger partial charge in [-0.15, -0.1) is 0 Å². The number of hydrogen-bond acceptors (Lipinski definition) is 7. The lowest BCUT2D eigenvalue weighted by molar-refractivity contribution is -0.00235. The minimum Gasteiger partial charge on any atom is -0.491 e. The summed E-state index contributed by atoms with van der Waals surface area (Å²) < 4.78 is 11.8. The average molecular weight is 1600 g/mol. The molecule has 16 unspecified atom stereocenters. The first-order valence-corrected chi connectivity index (χ1v) is 45.8. The number of likely N-dealkylation sites (tertiary alicyclic amines) is 2. The molecule has 6 aliphatic rings. The molecule has 10 rings (SSSR count). The Morgan fingerprint density at radius 1 is 0.339 bits per heavy atom. The SMILES string of the molecule is C.CC1C(C)N(C)C(C)CC1C(C)(C)C.CC1C(C)N(C)CC1C(C)(C)C.CC1CC(C(C)(C)C)C(C)C(C)C1C.CC1CC(C(C)(C)C)C(C)C1C.Cc1c(C(C)(C)C)cc2c(c1C)OCCCN2C.Cc1c(C(C)(C)C)cc2c(c1C)OCCN2C.Cc1cc(C(C)(C)C)c(C)c(C)c1C.Cc1cc(C(C)(C)C)c(C)c(C)n1. The third-order valence-corrected chi connectivity index (χ3v) is 30.5. The number of anilines is 2. The molecule has 0 N–H and O–H groups in total. The van der Waals surface area contributed by atoms with E-state index in [0.717, 1.165) is 151 Å². The topological polar surface area (TPSA) is 44.3 Å². The van der Waals surface area contributed by atoms with Crippen molar-refractivity contribution >= 4 is 11.4 Å². The first-order valence-electron chi connectivity index (χ1n) is 45.8. The second kappa shape index (κ2) is 41.7. The van der Waals surface area contributed by atoms with Crippen molar-refractivity contribution in [2.24, 2.45) is 98.6 Å². The predicted octanol–water partition coefficient (Wildman–Crippen LogP) is 30.0. The van der Waals surface area contributed by atoms with Gasteiger partial charge in [-0.3, -0.25) is 4.98 Å². The van der Waals surface area contributed by atoms with Crippen molar-refractivity contribution in [3.8, 4) is 11.5 Å². The maximum atomic E-state index is 5.96. The third kappa shape index (κ3) is 28.2. The zero-order valence-corrected chi connectivity index (χ0v) is 85.5. The lowest BCUT2D eigenvalue weighted by Crippen LogP contribution is -2.51. The average Bonchev–Trinajstić information content (AvgIpc) is 1.76. The number of aryl methyl sites for hydroxylation is 3. The third-order valence-electron chi connectivity index (χ3n) is 30.5. The van der Waals surface area contributed by atoms with Gasteiger partial charge in [0.2, 0.25) is 0 Å². The molecule has 4 fully saturated rings. The van der Waals surface area contributed by atoms with Gasteiger partial charge in [-0.1, -0.05) is 242 Å². The van der Waals surface area contributed by atoms with Crippen molar-refractivity contribution in [2.75, 3.05) is 70.8 Å². The fourth-order valence-electron chi connectivity index (χ4n) is 20.5. The van der Waals surface area contributed by atoms with Gasteiger partial charge < -0.3 is 29.1 Å². The van der Waals surface area contributed by atoms with Gasteiger partial charge >= 0.3 is 0 Å². The Morgan fingerprint density at radius 3 is 1.04 bits per heavy atom. The standard InChI is InChI=1S/C16H25NO.C15H23NO.C14H28.C14H22.C13H27N.C12H19N.C12H24.C11H23N.CH4/c1-11-12(2)15-14(10-13(11)16(3,4)5)17(6)8-7-9-18-15;1-10-11(2)14-13(16(6)7-8-17-14)9-12(10)15(3,4)5;2*1-9-8-13(14(5,6)7)12(4)11(3)10(9)2;1-9-8-12(13(4,5)6)10(2)11(3)14(9)7;1-8-7-11(12(4,5)6)9(2)10(3)13-8;1-8-7-11(12(4,5)6)10(3)9(8)2;1-8-9(2)12(6)7-10(8)11(3,4)5;/h10H,7-9H2,1-6H3;9H,7-8H2,1-6H3;9-13H,8H2,1-7H3;8H,1-7H3;9-12H,8H2,1-7H3;7H,1-6H3;8-11H,7H2,1-6H3;8-10H,7H2,1-6H3;1H4. The van der Waals surface area contributed by atoms with Crippen molar-refractivity contribution in [2.45, 2.75) is 398 Å². The van der Waals surface area contributed by atoms with Crippen LogP contribution < -0.4 is 19.3 Å². The van der Waals surface area contributed by atoms with E-state index in [1.807, 2.05) is 0 Å². The molecule has 115 heavy (non-hydrogen) atoms. The molecule has 664 valence electrons. The minimum atomic E-state index is 0. The summed E-state index contributed by atoms with van der Waals surface area (Å²) in [6, 6.07) is 11.4. The normalized spacial score (nSPS) is 26.7. The Balaban J connectivity index is 0.000000447. The van der Waals surface area contributed by atoms with Crippen molar-refractivity contribution in [1.29, 1.82) is 0 Å². The monoisotopic (exact) mass is 1590 g/mol. The maximum absolute atomic E-state index is 5.96. The summed E-state index contributed by atoms with van der Waals surface area (Å²) in [4.78, 5) is 14.1. The van der Waals surface area contributed by atoms with Crippen LogP contribution in [0.25, 0.3) is 0 Å². The number of fused-ring (bicyclic) bond motifs is 2. The van der Waals surface area contributed by atoms with Crippen molar-refractivity contribution in [1.82, 2.24) is 14.8 Å². The van der Waals surface area contributed by atoms with Crippen LogP contribution in [0.4, 0.5) is 11.4 Å². The molecular weight excluding hydrogens is 1400 g/mol. The van der Waals surface area contributed by atoms with E-state index in [1.54, 1.807) is 0 Å². The molecule has 2 saturated heterocycles. The van der Waals surface area contributed by atoms with Crippen LogP contribution in [0.3, 0.4) is 0 Å². The molecule has 0 bridgehead atoms. The number of benzene rings is 3. The smallest absolute Gasteiger partial charge is 0.145 e. The fourth-order valence-corrected chi connectivity index (χ4v) is 20.5. The molecule has 0 radical (unpaired) electrons. The number of hydrogen-bond donors (Lipinski definition) is 0. The molecule has 0 amide bonds. The summed E-state index contributed by atoms with van der Waals surface area (Å²) in [5.74, 6) is 13.7. The van der Waals surface area contributed by atoms with E-state index >= 15 is 0 Å². The van der Waals surface area contributed by atoms with Crippen molar-refractivity contribution in [3.05, 3.63) is 108 Å². The molecule has 2 aliphatic carbocycles. The van der Waals surface area contributed by atoms with E-state index in [0.29, 0.717) is 21.7 Å². The van der Waals surface area contributed by atoms with Crippen LogP contribution in [-0.2, 0) is 21.7 Å². The second-order valence-corrected chi connectivity index (χ2v) is 47.1. The van der Waals surface area contributed by atoms with Gasteiger partial charge in [-0.05, 0) is 347 Å². The predicted molar refractivity (Wildman–Crippen MR) is 516 cm³/mol. The fraction of sp³-hybridized carbons (Fsp3) is 0.787. The lowest BCUT2D eigenvalue weighted by Gasteiger charge is -2.49. The molecule has 5 heterocycles. The van der Waals surface area contributed by atoms with Gasteiger partial charge in [0.1, 0.15) is 18.1 Å². The second-order valence-electron chi connectivity index (χ2n) is 47.1. The van der Waals surface area contributed by atoms with Gasteiger partial charge in [0.05, 0.1) is 24.5 Å². The Kier molecular flexibility index (Phi) is 38.8. The van der Waals surface area contributed by atoms with Gasteiger partial charge in [-0.25, -0.2) is 0 Å². The number of ether oxygens (including phenoxy) is 2. The Labute approximate surface area is 718 Å². The lowest BCUT2D eigenvalue weighted by atomic mass is 9.58. The zero-order valence-electron chi connectivity index (χ0n) is 85.5. The number of rotatable bonds is 0. The Hall–Kier alpha value is -4.07. The van der Waals surface area contributed by atoms with E-state index < -0.39 is 0 Å². The first-order chi connectivity index (χ1) is 51.4. The van der Waals surface area contributed by atoms with Crippen LogP contribution in [-0.4, -0.2) is 93.9 Å². The quantitative estimate of drug-likeness (QED) is 0.174. The van der Waals surface area contributed by atoms with Gasteiger partial charge in [0, 0.05) is 56.7 Å². The van der Waals surface area contributed by atoms with Crippen LogP contribution in [0.5, 0.6) is 11.5 Å². The van der Waals surface area contributed by atoms with Crippen LogP contribution in [0, 0.1) is 175 Å². The van der Waals surface area contributed by atoms with E-state index in [1.165, 1.54) is 110 Å². The van der Waals surface area contributed by atoms with Gasteiger partial charge in [0.25, 0.3) is 0 Å². The van der Waals surface area contributed by atoms with E-state index in [2.05, 4.69) is 402 Å². The van der Waals surface area contributed by atoms with E-state index in [-0.39, 0.29) is 29.1 Å². The summed E-state index contributed by atoms with van der Waals surface area (Å²) in [5.41, 5.74) is 25.7. The molecular formula is C108H195N5O2. The molecule has 3 aromatic carbocycles. The molecule has 4 aliphatic heterocycles. The number of nitrogens with zero attached hydrogens (tertiary/aromatic N) is 5. The summed E-state index contributed by atoms with van der Waals surface area (Å²) in [5, 5.41) is 0. The summed E-state index contributed by atoms with van der Waals surface area (Å²) in [6.45, 7) is 114. The Morgan fingerprint density at radius 2 is 0.678 bits per heavy atom. The first kappa shape index (κ1) is 107. The van der Waals surface area contributed by atoms with Crippen LogP contribution in [0.15, 0.2) is 24.3 Å². The number of likely N-dealkylation sites (N-methyl/N-ethyl adjacent to an activating group) is 1. The molecule has 0 spiro atoms. The minimum absolute atomic E-state index is 0. The summed E-state index contributed by atoms with van der Waals surface area (Å²) >= 11 is 0. The van der Waals surface area contributed by atoms with Crippen molar-refractivity contribution < 1.29 is 9.47 Å². The highest BCUT2D eigenvalue weighted by Crippen LogP contribution is 2.52. The maximum Gasteiger partial charge on any atom is 0.145 e. The van der Waals surface area contributed by atoms with E-state index in [9.17, 15) is 0 Å².